The number of nitrogens with one attached hydrogen (secondary N) is 2. The molecule has 28 heavy (non-hydrogen) atoms. The van der Waals surface area contributed by atoms with Crippen molar-refractivity contribution in [1.82, 2.24) is 15.6 Å². The average molecular weight is 378 g/mol. The number of aliphatic imine (C=N–C) groups is 1. The Morgan fingerprint density at radius 3 is 2.61 bits per heavy atom. The predicted molar refractivity (Wildman–Crippen MR) is 111 cm³/mol. The Bertz CT molecular complexity index is 873. The highest BCUT2D eigenvalue weighted by Crippen LogP contribution is 2.20. The number of para-hydroxylation sites is 1. The number of guanidine groups is 1. The fourth-order valence-corrected chi connectivity index (χ4v) is 2.61. The van der Waals surface area contributed by atoms with E-state index in [1.54, 1.807) is 13.2 Å². The zero-order valence-corrected chi connectivity index (χ0v) is 16.3. The van der Waals surface area contributed by atoms with Gasteiger partial charge in [-0.1, -0.05) is 48.0 Å². The Morgan fingerprint density at radius 2 is 1.86 bits per heavy atom. The highest BCUT2D eigenvalue weighted by Gasteiger charge is 2.07. The lowest BCUT2D eigenvalue weighted by Gasteiger charge is -2.11. The van der Waals surface area contributed by atoms with Crippen molar-refractivity contribution in [1.29, 1.82) is 0 Å². The van der Waals surface area contributed by atoms with Gasteiger partial charge >= 0.3 is 0 Å². The van der Waals surface area contributed by atoms with Gasteiger partial charge in [0.25, 0.3) is 0 Å². The van der Waals surface area contributed by atoms with E-state index in [0.717, 1.165) is 30.0 Å². The Labute approximate surface area is 165 Å². The van der Waals surface area contributed by atoms with Gasteiger partial charge in [0.2, 0.25) is 5.89 Å². The summed E-state index contributed by atoms with van der Waals surface area (Å²) >= 11 is 0. The van der Waals surface area contributed by atoms with Gasteiger partial charge in [0.1, 0.15) is 5.75 Å². The van der Waals surface area contributed by atoms with Gasteiger partial charge in [-0.2, -0.15) is 0 Å². The topological polar surface area (TPSA) is 71.7 Å². The third-order valence-electron chi connectivity index (χ3n) is 4.15. The maximum atomic E-state index is 5.82. The number of hydrogen-bond acceptors (Lipinski definition) is 4. The zero-order chi connectivity index (χ0) is 19.6. The lowest BCUT2D eigenvalue weighted by Crippen LogP contribution is -2.37. The van der Waals surface area contributed by atoms with Crippen LogP contribution < -0.4 is 15.4 Å². The molecule has 0 amide bonds. The molecule has 0 aliphatic rings. The van der Waals surface area contributed by atoms with Crippen LogP contribution in [-0.2, 0) is 6.54 Å². The molecule has 2 aromatic carbocycles. The second-order valence-electron chi connectivity index (χ2n) is 6.35. The number of oxazole rings is 1. The van der Waals surface area contributed by atoms with E-state index < -0.39 is 0 Å². The Balaban J connectivity index is 1.39. The molecule has 6 nitrogen and oxygen atoms in total. The van der Waals surface area contributed by atoms with Gasteiger partial charge < -0.3 is 19.8 Å². The molecule has 146 valence electrons. The lowest BCUT2D eigenvalue weighted by atomic mass is 10.1. The molecule has 0 aliphatic carbocycles. The number of rotatable bonds is 8. The first kappa shape index (κ1) is 19.5. The summed E-state index contributed by atoms with van der Waals surface area (Å²) in [6, 6.07) is 18.0. The summed E-state index contributed by atoms with van der Waals surface area (Å²) in [6.07, 6.45) is 2.62. The maximum absolute atomic E-state index is 5.82. The maximum Gasteiger partial charge on any atom is 0.214 e. The van der Waals surface area contributed by atoms with E-state index in [9.17, 15) is 0 Å². The fraction of sp³-hybridized carbons (Fsp3) is 0.273. The molecular weight excluding hydrogens is 352 g/mol. The summed E-state index contributed by atoms with van der Waals surface area (Å²) in [6.45, 7) is 3.93. The molecule has 3 rings (SSSR count). The van der Waals surface area contributed by atoms with Crippen LogP contribution in [0.1, 0.15) is 17.9 Å². The summed E-state index contributed by atoms with van der Waals surface area (Å²) < 4.78 is 11.5. The van der Waals surface area contributed by atoms with Crippen molar-refractivity contribution in [2.45, 2.75) is 19.9 Å². The molecule has 0 spiro atoms. The minimum absolute atomic E-state index is 0.464. The molecule has 1 heterocycles. The summed E-state index contributed by atoms with van der Waals surface area (Å²) in [5, 5.41) is 6.47. The normalized spacial score (nSPS) is 11.3. The molecule has 0 fully saturated rings. The van der Waals surface area contributed by atoms with Crippen molar-refractivity contribution in [2.24, 2.45) is 4.99 Å². The van der Waals surface area contributed by atoms with E-state index in [4.69, 9.17) is 9.15 Å². The highest BCUT2D eigenvalue weighted by molar-refractivity contribution is 5.79. The quantitative estimate of drug-likeness (QED) is 0.355. The number of nitrogens with zero attached hydrogens (tertiary/aromatic N) is 2. The Hall–Kier alpha value is -3.28. The van der Waals surface area contributed by atoms with Gasteiger partial charge in [0.05, 0.1) is 19.3 Å². The molecule has 0 atom stereocenters. The van der Waals surface area contributed by atoms with Crippen LogP contribution in [0.2, 0.25) is 0 Å². The van der Waals surface area contributed by atoms with E-state index >= 15 is 0 Å². The van der Waals surface area contributed by atoms with Crippen molar-refractivity contribution >= 4 is 5.96 Å². The van der Waals surface area contributed by atoms with Crippen LogP contribution in [0.3, 0.4) is 0 Å². The highest BCUT2D eigenvalue weighted by atomic mass is 16.5. The minimum atomic E-state index is 0.464. The molecular formula is C22H26N4O2. The first-order valence-corrected chi connectivity index (χ1v) is 9.39. The second-order valence-corrected chi connectivity index (χ2v) is 6.35. The summed E-state index contributed by atoms with van der Waals surface area (Å²) in [5.74, 6) is 2.97. The van der Waals surface area contributed by atoms with Gasteiger partial charge in [-0.15, -0.1) is 0 Å². The zero-order valence-electron chi connectivity index (χ0n) is 16.3. The van der Waals surface area contributed by atoms with Crippen LogP contribution in [0.4, 0.5) is 0 Å². The van der Waals surface area contributed by atoms with Gasteiger partial charge in [-0.05, 0) is 25.5 Å². The summed E-state index contributed by atoms with van der Waals surface area (Å²) in [5.41, 5.74) is 2.24. The van der Waals surface area contributed by atoms with Gasteiger partial charge in [0.15, 0.2) is 11.7 Å². The third-order valence-corrected chi connectivity index (χ3v) is 4.15. The molecule has 1 aromatic heterocycles. The minimum Gasteiger partial charge on any atom is -0.494 e. The van der Waals surface area contributed by atoms with Crippen LogP contribution in [-0.4, -0.2) is 31.1 Å². The molecule has 0 saturated carbocycles. The van der Waals surface area contributed by atoms with E-state index in [-0.39, 0.29) is 0 Å². The van der Waals surface area contributed by atoms with E-state index in [1.807, 2.05) is 42.5 Å². The summed E-state index contributed by atoms with van der Waals surface area (Å²) in [7, 11) is 1.74. The monoisotopic (exact) mass is 378 g/mol. The molecule has 0 saturated heterocycles. The lowest BCUT2D eigenvalue weighted by molar-refractivity contribution is 0.311. The van der Waals surface area contributed by atoms with Crippen LogP contribution in [0.5, 0.6) is 5.75 Å². The summed E-state index contributed by atoms with van der Waals surface area (Å²) in [4.78, 5) is 8.55. The van der Waals surface area contributed by atoms with Gasteiger partial charge in [-0.25, -0.2) is 4.98 Å². The predicted octanol–water partition coefficient (Wildman–Crippen LogP) is 3.78. The number of ether oxygens (including phenoxy) is 1. The van der Waals surface area contributed by atoms with Crippen molar-refractivity contribution in [3.05, 3.63) is 72.2 Å². The van der Waals surface area contributed by atoms with E-state index in [2.05, 4.69) is 39.7 Å². The number of benzene rings is 2. The number of aryl methyl sites for hydroxylation is 1. The number of aromatic nitrogens is 1. The van der Waals surface area contributed by atoms with E-state index in [0.29, 0.717) is 25.0 Å². The van der Waals surface area contributed by atoms with E-state index in [1.165, 1.54) is 5.56 Å². The van der Waals surface area contributed by atoms with Crippen LogP contribution in [0.25, 0.3) is 11.3 Å². The average Bonchev–Trinajstić information content (AvgIpc) is 3.20. The number of hydrogen-bond donors (Lipinski definition) is 2. The van der Waals surface area contributed by atoms with Gasteiger partial charge in [0, 0.05) is 19.2 Å². The van der Waals surface area contributed by atoms with Gasteiger partial charge in [-0.3, -0.25) is 4.99 Å². The van der Waals surface area contributed by atoms with Crippen molar-refractivity contribution in [2.75, 3.05) is 20.2 Å². The SMILES string of the molecule is CN=C(NCCCOc1ccccc1)NCc1ncc(-c2ccc(C)cc2)o1. The molecule has 3 aromatic rings. The van der Waals surface area contributed by atoms with Crippen molar-refractivity contribution < 1.29 is 9.15 Å². The molecule has 2 N–H and O–H groups in total. The third kappa shape index (κ3) is 5.87. The van der Waals surface area contributed by atoms with Crippen LogP contribution >= 0.6 is 0 Å². The first-order valence-electron chi connectivity index (χ1n) is 9.39. The largest absolute Gasteiger partial charge is 0.494 e. The standard InChI is InChI=1S/C22H26N4O2/c1-17-9-11-18(12-10-17)20-15-25-21(28-20)16-26-22(23-2)24-13-6-14-27-19-7-4-3-5-8-19/h3-5,7-12,15H,6,13-14,16H2,1-2H3,(H2,23,24,26). The molecule has 0 aliphatic heterocycles. The molecule has 0 bridgehead atoms. The van der Waals surface area contributed by atoms with Crippen LogP contribution in [0.15, 0.2) is 70.2 Å². The smallest absolute Gasteiger partial charge is 0.214 e. The Kier molecular flexibility index (Phi) is 7.07. The molecule has 0 unspecified atom stereocenters. The Morgan fingerprint density at radius 1 is 1.07 bits per heavy atom. The first-order chi connectivity index (χ1) is 13.7. The fourth-order valence-electron chi connectivity index (χ4n) is 2.61. The molecule has 0 radical (unpaired) electrons. The second kappa shape index (κ2) is 10.2. The van der Waals surface area contributed by atoms with Crippen molar-refractivity contribution in [3.63, 3.8) is 0 Å². The van der Waals surface area contributed by atoms with Crippen LogP contribution in [0, 0.1) is 6.92 Å². The molecule has 6 heteroatoms. The van der Waals surface area contributed by atoms with Crippen molar-refractivity contribution in [3.8, 4) is 17.1 Å².